The highest BCUT2D eigenvalue weighted by molar-refractivity contribution is 6.38. The highest BCUT2D eigenvalue weighted by Gasteiger charge is 2.08. The van der Waals surface area contributed by atoms with E-state index in [0.717, 1.165) is 0 Å². The fraction of sp³-hybridized carbons (Fsp3) is 0.571. The smallest absolute Gasteiger partial charge is 0.303 e. The molecular formula is C7H11NO4. The Kier molecular flexibility index (Phi) is 4.67. The van der Waals surface area contributed by atoms with Gasteiger partial charge in [-0.25, -0.2) is 0 Å². The quantitative estimate of drug-likeness (QED) is 0.483. The number of hydrogen-bond acceptors (Lipinski definition) is 4. The van der Waals surface area contributed by atoms with Gasteiger partial charge in [-0.1, -0.05) is 5.16 Å². The third kappa shape index (κ3) is 4.43. The van der Waals surface area contributed by atoms with Crippen LogP contribution in [0.1, 0.15) is 19.8 Å². The van der Waals surface area contributed by atoms with Crippen LogP contribution in [0.25, 0.3) is 0 Å². The summed E-state index contributed by atoms with van der Waals surface area (Å²) in [7, 11) is 1.33. The molecule has 68 valence electrons. The molecule has 0 aromatic carbocycles. The molecule has 0 aliphatic rings. The predicted molar refractivity (Wildman–Crippen MR) is 42.0 cm³/mol. The van der Waals surface area contributed by atoms with E-state index in [-0.39, 0.29) is 24.3 Å². The van der Waals surface area contributed by atoms with Gasteiger partial charge in [0.05, 0.1) is 6.42 Å². The summed E-state index contributed by atoms with van der Waals surface area (Å²) >= 11 is 0. The summed E-state index contributed by atoms with van der Waals surface area (Å²) in [6.45, 7) is 1.48. The van der Waals surface area contributed by atoms with Gasteiger partial charge in [0.2, 0.25) is 0 Å². The molecule has 5 heteroatoms. The van der Waals surface area contributed by atoms with Crippen LogP contribution in [0, 0.1) is 0 Å². The van der Waals surface area contributed by atoms with E-state index in [1.807, 2.05) is 0 Å². The van der Waals surface area contributed by atoms with Crippen molar-refractivity contribution >= 4 is 17.5 Å². The molecule has 0 amide bonds. The van der Waals surface area contributed by atoms with Crippen molar-refractivity contribution in [2.45, 2.75) is 19.8 Å². The largest absolute Gasteiger partial charge is 0.481 e. The van der Waals surface area contributed by atoms with E-state index in [1.165, 1.54) is 14.0 Å². The molecule has 0 fully saturated rings. The molecule has 0 rings (SSSR count). The molecule has 0 heterocycles. The number of carbonyl (C=O) groups is 2. The molecule has 1 N–H and O–H groups in total. The van der Waals surface area contributed by atoms with Gasteiger partial charge in [-0.15, -0.1) is 0 Å². The SMILES string of the molecule is CON=C(C)C(=O)CCC(=O)O. The first-order valence-corrected chi connectivity index (χ1v) is 3.40. The molecule has 5 nitrogen and oxygen atoms in total. The van der Waals surface area contributed by atoms with Crippen LogP contribution in [0.3, 0.4) is 0 Å². The Labute approximate surface area is 70.0 Å². The predicted octanol–water partition coefficient (Wildman–Crippen LogP) is 0.443. The Bertz CT molecular complexity index is 209. The maximum atomic E-state index is 11.0. The summed E-state index contributed by atoms with van der Waals surface area (Å²) in [5.41, 5.74) is 0.193. The molecule has 0 aromatic heterocycles. The molecule has 0 unspecified atom stereocenters. The Hall–Kier alpha value is -1.39. The van der Waals surface area contributed by atoms with Crippen LogP contribution in [-0.4, -0.2) is 29.7 Å². The Morgan fingerprint density at radius 1 is 1.42 bits per heavy atom. The normalized spacial score (nSPS) is 11.0. The van der Waals surface area contributed by atoms with Crippen molar-refractivity contribution in [3.05, 3.63) is 0 Å². The standard InChI is InChI=1S/C7H11NO4/c1-5(8-12-2)6(9)3-4-7(10)11/h3-4H2,1-2H3,(H,10,11). The highest BCUT2D eigenvalue weighted by Crippen LogP contribution is 1.93. The van der Waals surface area contributed by atoms with Crippen LogP contribution < -0.4 is 0 Å². The Morgan fingerprint density at radius 2 is 2.00 bits per heavy atom. The number of hydrogen-bond donors (Lipinski definition) is 1. The fourth-order valence-corrected chi connectivity index (χ4v) is 0.589. The summed E-state index contributed by atoms with van der Waals surface area (Å²) in [6, 6.07) is 0. The molecule has 0 aliphatic carbocycles. The number of Topliss-reactive ketones (excluding diaryl/α,β-unsaturated/α-hetero) is 1. The van der Waals surface area contributed by atoms with E-state index in [1.54, 1.807) is 0 Å². The number of carbonyl (C=O) groups excluding carboxylic acids is 1. The molecule has 0 saturated carbocycles. The van der Waals surface area contributed by atoms with Crippen molar-refractivity contribution in [2.24, 2.45) is 5.16 Å². The lowest BCUT2D eigenvalue weighted by atomic mass is 10.1. The molecule has 0 radical (unpaired) electrons. The van der Waals surface area contributed by atoms with Gasteiger partial charge in [0.15, 0.2) is 5.78 Å². The molecule has 12 heavy (non-hydrogen) atoms. The second kappa shape index (κ2) is 5.29. The Morgan fingerprint density at radius 3 is 2.42 bits per heavy atom. The summed E-state index contributed by atoms with van der Waals surface area (Å²) in [5.74, 6) is -1.30. The Balaban J connectivity index is 3.88. The summed E-state index contributed by atoms with van der Waals surface area (Å²) in [6.07, 6.45) is -0.205. The van der Waals surface area contributed by atoms with Crippen LogP contribution >= 0.6 is 0 Å². The second-order valence-electron chi connectivity index (χ2n) is 2.18. The van der Waals surface area contributed by atoms with Crippen LogP contribution in [0.15, 0.2) is 5.16 Å². The summed E-state index contributed by atoms with van der Waals surface area (Å²) in [5, 5.41) is 11.6. The minimum absolute atomic E-state index is 0.0337. The van der Waals surface area contributed by atoms with Crippen molar-refractivity contribution in [1.82, 2.24) is 0 Å². The van der Waals surface area contributed by atoms with Crippen molar-refractivity contribution in [2.75, 3.05) is 7.11 Å². The lowest BCUT2D eigenvalue weighted by molar-refractivity contribution is -0.138. The molecule has 0 saturated heterocycles. The zero-order valence-electron chi connectivity index (χ0n) is 7.03. The van der Waals surface area contributed by atoms with Gasteiger partial charge in [0.1, 0.15) is 12.8 Å². The van der Waals surface area contributed by atoms with Crippen molar-refractivity contribution in [1.29, 1.82) is 0 Å². The number of ketones is 1. The van der Waals surface area contributed by atoms with E-state index < -0.39 is 5.97 Å². The second-order valence-corrected chi connectivity index (χ2v) is 2.18. The maximum Gasteiger partial charge on any atom is 0.303 e. The minimum atomic E-state index is -0.992. The number of nitrogens with zero attached hydrogens (tertiary/aromatic N) is 1. The van der Waals surface area contributed by atoms with Gasteiger partial charge < -0.3 is 9.94 Å². The van der Waals surface area contributed by atoms with Gasteiger partial charge in [0.25, 0.3) is 0 Å². The molecule has 0 spiro atoms. The van der Waals surface area contributed by atoms with E-state index >= 15 is 0 Å². The van der Waals surface area contributed by atoms with Crippen molar-refractivity contribution in [3.8, 4) is 0 Å². The topological polar surface area (TPSA) is 76.0 Å². The monoisotopic (exact) mass is 173 g/mol. The minimum Gasteiger partial charge on any atom is -0.481 e. The van der Waals surface area contributed by atoms with Crippen LogP contribution in [0.5, 0.6) is 0 Å². The number of rotatable bonds is 5. The first-order chi connectivity index (χ1) is 5.57. The van der Waals surface area contributed by atoms with Gasteiger partial charge >= 0.3 is 5.97 Å². The van der Waals surface area contributed by atoms with E-state index in [9.17, 15) is 9.59 Å². The van der Waals surface area contributed by atoms with E-state index in [2.05, 4.69) is 9.99 Å². The number of aliphatic carboxylic acids is 1. The fourth-order valence-electron chi connectivity index (χ4n) is 0.589. The molecule has 0 aliphatic heterocycles. The number of oxime groups is 1. The summed E-state index contributed by atoms with van der Waals surface area (Å²) in [4.78, 5) is 25.4. The van der Waals surface area contributed by atoms with Crippen LogP contribution in [-0.2, 0) is 14.4 Å². The first-order valence-electron chi connectivity index (χ1n) is 3.40. The zero-order chi connectivity index (χ0) is 9.56. The van der Waals surface area contributed by atoms with Gasteiger partial charge in [-0.05, 0) is 6.92 Å². The lowest BCUT2D eigenvalue weighted by Gasteiger charge is -1.95. The van der Waals surface area contributed by atoms with Gasteiger partial charge in [0, 0.05) is 6.42 Å². The molecular weight excluding hydrogens is 162 g/mol. The van der Waals surface area contributed by atoms with Crippen molar-refractivity contribution < 1.29 is 19.5 Å². The van der Waals surface area contributed by atoms with Crippen LogP contribution in [0.2, 0.25) is 0 Å². The average molecular weight is 173 g/mol. The van der Waals surface area contributed by atoms with Gasteiger partial charge in [-0.2, -0.15) is 0 Å². The average Bonchev–Trinajstić information content (AvgIpc) is 2.00. The molecule has 0 aromatic rings. The third-order valence-corrected chi connectivity index (χ3v) is 1.20. The third-order valence-electron chi connectivity index (χ3n) is 1.20. The van der Waals surface area contributed by atoms with Crippen molar-refractivity contribution in [3.63, 3.8) is 0 Å². The van der Waals surface area contributed by atoms with E-state index in [0.29, 0.717) is 0 Å². The zero-order valence-corrected chi connectivity index (χ0v) is 7.03. The number of carboxylic acids is 1. The molecule has 0 atom stereocenters. The first kappa shape index (κ1) is 10.6. The number of carboxylic acid groups (broad SMARTS) is 1. The lowest BCUT2D eigenvalue weighted by Crippen LogP contribution is -2.12. The highest BCUT2D eigenvalue weighted by atomic mass is 16.6. The van der Waals surface area contributed by atoms with Gasteiger partial charge in [-0.3, -0.25) is 9.59 Å². The van der Waals surface area contributed by atoms with Crippen LogP contribution in [0.4, 0.5) is 0 Å². The summed E-state index contributed by atoms with van der Waals surface area (Å²) < 4.78 is 0. The molecule has 0 bridgehead atoms. The maximum absolute atomic E-state index is 11.0. The van der Waals surface area contributed by atoms with E-state index in [4.69, 9.17) is 5.11 Å².